The Labute approximate surface area is 185 Å². The molecule has 0 aliphatic rings. The fraction of sp³-hybridized carbons (Fsp3) is 0.600. The van der Waals surface area contributed by atoms with Gasteiger partial charge in [0, 0.05) is 19.5 Å². The molecular weight excluding hydrogens is 473 g/mol. The van der Waals surface area contributed by atoms with Crippen LogP contribution in [0.5, 0.6) is 5.75 Å². The lowest BCUT2D eigenvalue weighted by Gasteiger charge is -2.15. The van der Waals surface area contributed by atoms with Crippen LogP contribution in [0.2, 0.25) is 0 Å². The highest BCUT2D eigenvalue weighted by molar-refractivity contribution is 14.0. The monoisotopic (exact) mass is 507 g/mol. The summed E-state index contributed by atoms with van der Waals surface area (Å²) >= 11 is 0. The number of nitrogens with one attached hydrogen (secondary N) is 2. The molecule has 0 bridgehead atoms. The number of carbonyl (C=O) groups is 1. The third-order valence-corrected chi connectivity index (χ3v) is 3.54. The molecule has 8 heteroatoms. The van der Waals surface area contributed by atoms with Crippen LogP contribution in [-0.2, 0) is 9.53 Å². The van der Waals surface area contributed by atoms with E-state index >= 15 is 0 Å². The van der Waals surface area contributed by atoms with Crippen molar-refractivity contribution in [1.29, 1.82) is 0 Å². The summed E-state index contributed by atoms with van der Waals surface area (Å²) in [6.45, 7) is 9.61. The van der Waals surface area contributed by atoms with Gasteiger partial charge in [0.25, 0.3) is 0 Å². The van der Waals surface area contributed by atoms with Gasteiger partial charge in [-0.1, -0.05) is 12.1 Å². The Morgan fingerprint density at radius 3 is 2.64 bits per heavy atom. The Kier molecular flexibility index (Phi) is 14.5. The van der Waals surface area contributed by atoms with Gasteiger partial charge in [-0.3, -0.25) is 9.79 Å². The molecule has 0 heterocycles. The summed E-state index contributed by atoms with van der Waals surface area (Å²) < 4.78 is 10.6. The number of halogens is 1. The second-order valence-corrected chi connectivity index (χ2v) is 6.31. The first kappa shape index (κ1) is 26.4. The Morgan fingerprint density at radius 2 is 2.00 bits per heavy atom. The van der Waals surface area contributed by atoms with Gasteiger partial charge in [0.05, 0.1) is 25.4 Å². The van der Waals surface area contributed by atoms with E-state index in [1.54, 1.807) is 6.92 Å². The van der Waals surface area contributed by atoms with E-state index in [1.165, 1.54) is 0 Å². The van der Waals surface area contributed by atoms with Crippen LogP contribution in [0.4, 0.5) is 0 Å². The van der Waals surface area contributed by atoms with Crippen molar-refractivity contribution < 1.29 is 19.4 Å². The first-order valence-electron chi connectivity index (χ1n) is 9.58. The van der Waals surface area contributed by atoms with Crippen LogP contribution in [-0.4, -0.2) is 49.4 Å². The van der Waals surface area contributed by atoms with E-state index in [4.69, 9.17) is 9.47 Å². The molecule has 0 amide bonds. The van der Waals surface area contributed by atoms with Crippen molar-refractivity contribution in [1.82, 2.24) is 10.6 Å². The molecule has 0 fully saturated rings. The predicted octanol–water partition coefficient (Wildman–Crippen LogP) is 3.02. The third-order valence-electron chi connectivity index (χ3n) is 3.54. The lowest BCUT2D eigenvalue weighted by molar-refractivity contribution is -0.143. The number of rotatable bonds is 11. The third kappa shape index (κ3) is 11.3. The van der Waals surface area contributed by atoms with Crippen molar-refractivity contribution in [2.24, 2.45) is 4.99 Å². The molecule has 0 saturated carbocycles. The van der Waals surface area contributed by atoms with Crippen LogP contribution in [0.15, 0.2) is 29.3 Å². The van der Waals surface area contributed by atoms with Crippen LogP contribution in [0, 0.1) is 0 Å². The van der Waals surface area contributed by atoms with Gasteiger partial charge in [0.2, 0.25) is 0 Å². The number of hydrogen-bond donors (Lipinski definition) is 3. The number of aliphatic hydroxyl groups excluding tert-OH is 1. The average Bonchev–Trinajstić information content (AvgIpc) is 2.62. The fourth-order valence-corrected chi connectivity index (χ4v) is 2.36. The highest BCUT2D eigenvalue weighted by Crippen LogP contribution is 2.20. The molecule has 0 spiro atoms. The Morgan fingerprint density at radius 1 is 1.25 bits per heavy atom. The lowest BCUT2D eigenvalue weighted by atomic mass is 10.1. The lowest BCUT2D eigenvalue weighted by Crippen LogP contribution is -2.38. The van der Waals surface area contributed by atoms with Crippen LogP contribution in [0.3, 0.4) is 0 Å². The number of esters is 1. The molecule has 0 aliphatic heterocycles. The highest BCUT2D eigenvalue weighted by atomic mass is 127. The van der Waals surface area contributed by atoms with E-state index in [2.05, 4.69) is 15.6 Å². The van der Waals surface area contributed by atoms with E-state index in [0.29, 0.717) is 38.5 Å². The average molecular weight is 507 g/mol. The zero-order chi connectivity index (χ0) is 20.1. The van der Waals surface area contributed by atoms with Gasteiger partial charge in [-0.15, -0.1) is 24.0 Å². The Hall–Kier alpha value is -1.55. The minimum Gasteiger partial charge on any atom is -0.491 e. The molecule has 1 aromatic rings. The van der Waals surface area contributed by atoms with E-state index in [0.717, 1.165) is 11.3 Å². The maximum atomic E-state index is 11.3. The van der Waals surface area contributed by atoms with Crippen molar-refractivity contribution in [2.45, 2.75) is 52.7 Å². The molecule has 1 unspecified atom stereocenters. The summed E-state index contributed by atoms with van der Waals surface area (Å²) in [4.78, 5) is 15.8. The summed E-state index contributed by atoms with van der Waals surface area (Å²) in [5.41, 5.74) is 0.759. The van der Waals surface area contributed by atoms with Gasteiger partial charge in [-0.25, -0.2) is 0 Å². The Bertz CT molecular complexity index is 597. The largest absolute Gasteiger partial charge is 0.491 e. The molecule has 3 N–H and O–H groups in total. The second-order valence-electron chi connectivity index (χ2n) is 6.31. The van der Waals surface area contributed by atoms with Crippen molar-refractivity contribution in [3.05, 3.63) is 29.8 Å². The molecule has 28 heavy (non-hydrogen) atoms. The van der Waals surface area contributed by atoms with Gasteiger partial charge in [0.1, 0.15) is 5.75 Å². The predicted molar refractivity (Wildman–Crippen MR) is 122 cm³/mol. The van der Waals surface area contributed by atoms with E-state index in [-0.39, 0.29) is 42.6 Å². The van der Waals surface area contributed by atoms with Gasteiger partial charge in [-0.05, 0) is 51.8 Å². The number of ether oxygens (including phenoxy) is 2. The van der Waals surface area contributed by atoms with E-state index in [9.17, 15) is 9.90 Å². The number of nitrogens with zero attached hydrogens (tertiary/aromatic N) is 1. The minimum atomic E-state index is -0.726. The van der Waals surface area contributed by atoms with Crippen molar-refractivity contribution in [3.8, 4) is 5.75 Å². The summed E-state index contributed by atoms with van der Waals surface area (Å²) in [7, 11) is 0. The van der Waals surface area contributed by atoms with Crippen LogP contribution >= 0.6 is 24.0 Å². The van der Waals surface area contributed by atoms with E-state index in [1.807, 2.05) is 45.0 Å². The molecule has 1 atom stereocenters. The quantitative estimate of drug-likeness (QED) is 0.140. The number of aliphatic imine (C=N–C) groups is 1. The number of guanidine groups is 1. The van der Waals surface area contributed by atoms with Crippen LogP contribution < -0.4 is 15.4 Å². The van der Waals surface area contributed by atoms with Gasteiger partial charge < -0.3 is 25.2 Å². The van der Waals surface area contributed by atoms with Crippen molar-refractivity contribution in [3.63, 3.8) is 0 Å². The topological polar surface area (TPSA) is 92.2 Å². The molecular formula is C20H34IN3O4. The summed E-state index contributed by atoms with van der Waals surface area (Å²) in [6, 6.07) is 7.42. The SMILES string of the molecule is CCNC(=NCC(O)c1cccc(OC(C)C)c1)NCCCC(=O)OCC.I. The first-order valence-corrected chi connectivity index (χ1v) is 9.58. The maximum Gasteiger partial charge on any atom is 0.305 e. The smallest absolute Gasteiger partial charge is 0.305 e. The molecule has 0 radical (unpaired) electrons. The number of benzene rings is 1. The second kappa shape index (κ2) is 15.4. The number of aliphatic hydroxyl groups is 1. The van der Waals surface area contributed by atoms with Crippen molar-refractivity contribution >= 4 is 35.9 Å². The molecule has 1 aromatic carbocycles. The molecule has 0 aromatic heterocycles. The van der Waals surface area contributed by atoms with E-state index < -0.39 is 6.10 Å². The number of carbonyl (C=O) groups excluding carboxylic acids is 1. The minimum absolute atomic E-state index is 0. The first-order chi connectivity index (χ1) is 13.0. The summed E-state index contributed by atoms with van der Waals surface area (Å²) in [5, 5.41) is 16.7. The van der Waals surface area contributed by atoms with Crippen molar-refractivity contribution in [2.75, 3.05) is 26.2 Å². The molecule has 1 rings (SSSR count). The summed E-state index contributed by atoms with van der Waals surface area (Å²) in [5.74, 6) is 1.14. The summed E-state index contributed by atoms with van der Waals surface area (Å²) in [6.07, 6.45) is 0.372. The maximum absolute atomic E-state index is 11.3. The Balaban J connectivity index is 0.00000729. The van der Waals surface area contributed by atoms with Crippen LogP contribution in [0.1, 0.15) is 52.2 Å². The fourth-order valence-electron chi connectivity index (χ4n) is 2.36. The molecule has 7 nitrogen and oxygen atoms in total. The van der Waals surface area contributed by atoms with Gasteiger partial charge >= 0.3 is 5.97 Å². The zero-order valence-corrected chi connectivity index (χ0v) is 19.6. The zero-order valence-electron chi connectivity index (χ0n) is 17.2. The van der Waals surface area contributed by atoms with Gasteiger partial charge in [-0.2, -0.15) is 0 Å². The van der Waals surface area contributed by atoms with Gasteiger partial charge in [0.15, 0.2) is 5.96 Å². The van der Waals surface area contributed by atoms with Crippen LogP contribution in [0.25, 0.3) is 0 Å². The highest BCUT2D eigenvalue weighted by Gasteiger charge is 2.09. The molecule has 160 valence electrons. The molecule has 0 saturated heterocycles. The molecule has 0 aliphatic carbocycles. The number of hydrogen-bond acceptors (Lipinski definition) is 5. The standard InChI is InChI=1S/C20H33N3O4.HI/c1-5-21-20(22-12-8-11-19(25)26-6-2)23-14-18(24)16-9-7-10-17(13-16)27-15(3)4;/h7,9-10,13,15,18,24H,5-6,8,11-12,14H2,1-4H3,(H2,21,22,23);1H. The normalized spacial score (nSPS) is 12.1.